The minimum atomic E-state index is -0.242. The first-order valence-corrected chi connectivity index (χ1v) is 14.0. The van der Waals surface area contributed by atoms with Gasteiger partial charge in [0, 0.05) is 49.0 Å². The predicted octanol–water partition coefficient (Wildman–Crippen LogP) is 5.33. The highest BCUT2D eigenvalue weighted by molar-refractivity contribution is 7.98. The van der Waals surface area contributed by atoms with Gasteiger partial charge in [-0.1, -0.05) is 44.7 Å². The molecule has 1 aromatic heterocycles. The number of amides is 1. The summed E-state index contributed by atoms with van der Waals surface area (Å²) in [6.45, 7) is 15.8. The van der Waals surface area contributed by atoms with Gasteiger partial charge in [-0.3, -0.25) is 9.59 Å². The molecule has 1 saturated heterocycles. The number of benzene rings is 1. The maximum absolute atomic E-state index is 13.2. The Balaban J connectivity index is 1.73. The first kappa shape index (κ1) is 28.0. The van der Waals surface area contributed by atoms with Crippen molar-refractivity contribution >= 4 is 29.5 Å². The molecule has 0 saturated carbocycles. The molecule has 2 aromatic rings. The van der Waals surface area contributed by atoms with E-state index in [1.54, 1.807) is 16.7 Å². The number of ether oxygens (including phenoxy) is 1. The minimum Gasteiger partial charge on any atom is -0.466 e. The molecule has 1 amide bonds. The van der Waals surface area contributed by atoms with Crippen LogP contribution < -0.4 is 4.90 Å². The fourth-order valence-electron chi connectivity index (χ4n) is 4.31. The second-order valence-corrected chi connectivity index (χ2v) is 11.1. The molecule has 1 atom stereocenters. The summed E-state index contributed by atoms with van der Waals surface area (Å²) in [7, 11) is 0. The van der Waals surface area contributed by atoms with Crippen LogP contribution in [0.3, 0.4) is 0 Å². The van der Waals surface area contributed by atoms with Crippen LogP contribution in [0.2, 0.25) is 0 Å². The number of anilines is 1. The number of nitrogens with zero attached hydrogens (tertiary/aromatic N) is 4. The second kappa shape index (κ2) is 12.6. The van der Waals surface area contributed by atoms with Gasteiger partial charge in [-0.2, -0.15) is 0 Å². The Morgan fingerprint density at radius 2 is 1.89 bits per heavy atom. The maximum Gasteiger partial charge on any atom is 0.310 e. The minimum absolute atomic E-state index is 0.0364. The third-order valence-electron chi connectivity index (χ3n) is 6.42. The van der Waals surface area contributed by atoms with Gasteiger partial charge in [0.2, 0.25) is 0 Å². The van der Waals surface area contributed by atoms with E-state index in [2.05, 4.69) is 45.6 Å². The van der Waals surface area contributed by atoms with Crippen molar-refractivity contribution in [3.05, 3.63) is 47.2 Å². The Morgan fingerprint density at radius 3 is 2.56 bits per heavy atom. The van der Waals surface area contributed by atoms with Crippen LogP contribution >= 0.6 is 11.8 Å². The van der Waals surface area contributed by atoms with Gasteiger partial charge in [-0.05, 0) is 51.3 Å². The summed E-state index contributed by atoms with van der Waals surface area (Å²) < 4.78 is 5.18. The van der Waals surface area contributed by atoms with Gasteiger partial charge >= 0.3 is 5.97 Å². The Kier molecular flexibility index (Phi) is 9.77. The predicted molar refractivity (Wildman–Crippen MR) is 146 cm³/mol. The van der Waals surface area contributed by atoms with Crippen molar-refractivity contribution in [2.75, 3.05) is 37.7 Å². The van der Waals surface area contributed by atoms with Crippen LogP contribution in [-0.2, 0) is 20.7 Å². The molecule has 1 aliphatic heterocycles. The average Bonchev–Trinajstić information content (AvgIpc) is 2.87. The number of hydrogen-bond acceptors (Lipinski definition) is 7. The molecule has 2 heterocycles. The number of carbonyl (C=O) groups is 2. The highest BCUT2D eigenvalue weighted by Gasteiger charge is 2.30. The average molecular weight is 513 g/mol. The smallest absolute Gasteiger partial charge is 0.310 e. The van der Waals surface area contributed by atoms with E-state index < -0.39 is 0 Å². The first-order chi connectivity index (χ1) is 17.2. The Morgan fingerprint density at radius 1 is 1.14 bits per heavy atom. The van der Waals surface area contributed by atoms with Crippen molar-refractivity contribution in [1.82, 2.24) is 14.9 Å². The molecule has 1 aliphatic rings. The van der Waals surface area contributed by atoms with Gasteiger partial charge in [0.1, 0.15) is 5.82 Å². The van der Waals surface area contributed by atoms with E-state index in [-0.39, 0.29) is 23.2 Å². The van der Waals surface area contributed by atoms with Gasteiger partial charge in [0.25, 0.3) is 5.91 Å². The summed E-state index contributed by atoms with van der Waals surface area (Å²) in [4.78, 5) is 39.1. The molecular weight excluding hydrogens is 472 g/mol. The van der Waals surface area contributed by atoms with Crippen LogP contribution in [-0.4, -0.2) is 59.5 Å². The molecule has 0 unspecified atom stereocenters. The summed E-state index contributed by atoms with van der Waals surface area (Å²) in [5.41, 5.74) is 2.62. The van der Waals surface area contributed by atoms with E-state index >= 15 is 0 Å². The van der Waals surface area contributed by atoms with Gasteiger partial charge in [-0.25, -0.2) is 9.97 Å². The van der Waals surface area contributed by atoms with E-state index in [1.165, 1.54) is 0 Å². The maximum atomic E-state index is 13.2. The van der Waals surface area contributed by atoms with E-state index in [0.29, 0.717) is 31.0 Å². The van der Waals surface area contributed by atoms with Crippen molar-refractivity contribution in [2.45, 2.75) is 70.7 Å². The van der Waals surface area contributed by atoms with Gasteiger partial charge in [0.05, 0.1) is 18.2 Å². The van der Waals surface area contributed by atoms with Crippen molar-refractivity contribution in [2.24, 2.45) is 5.92 Å². The summed E-state index contributed by atoms with van der Waals surface area (Å²) in [6, 6.07) is 9.84. The number of hydrogen-bond donors (Lipinski definition) is 0. The lowest BCUT2D eigenvalue weighted by Gasteiger charge is -2.31. The van der Waals surface area contributed by atoms with E-state index in [1.807, 2.05) is 31.2 Å². The van der Waals surface area contributed by atoms with Gasteiger partial charge < -0.3 is 14.5 Å². The number of rotatable bonds is 9. The highest BCUT2D eigenvalue weighted by atomic mass is 32.2. The lowest BCUT2D eigenvalue weighted by Crippen LogP contribution is -2.42. The zero-order valence-corrected chi connectivity index (χ0v) is 23.4. The molecule has 3 rings (SSSR count). The van der Waals surface area contributed by atoms with Crippen molar-refractivity contribution in [3.63, 3.8) is 0 Å². The Hall–Kier alpha value is -2.61. The number of aromatic nitrogens is 2. The van der Waals surface area contributed by atoms with Crippen LogP contribution in [0.4, 0.5) is 5.82 Å². The molecule has 0 spiro atoms. The molecule has 1 aromatic carbocycles. The number of esters is 1. The lowest BCUT2D eigenvalue weighted by atomic mass is 9.92. The molecule has 7 nitrogen and oxygen atoms in total. The standard InChI is InChI=1S/C28H40N4O3S/c1-7-31(8-2)24-17-23(28(4,5)6)29-27(30-24)36-19-20-12-10-13-21(16-20)25(33)32-15-11-14-22(18-32)26(34)35-9-3/h10,12-13,16-17,22H,7-9,11,14-15,18-19H2,1-6H3/t22-/m0/s1. The summed E-state index contributed by atoms with van der Waals surface area (Å²) >= 11 is 1.59. The van der Waals surface area contributed by atoms with Crippen molar-refractivity contribution in [3.8, 4) is 0 Å². The molecule has 8 heteroatoms. The third kappa shape index (κ3) is 7.21. The molecule has 196 valence electrons. The summed E-state index contributed by atoms with van der Waals surface area (Å²) in [6.07, 6.45) is 1.57. The molecule has 0 bridgehead atoms. The van der Waals surface area contributed by atoms with Crippen LogP contribution in [0.15, 0.2) is 35.5 Å². The molecule has 0 aliphatic carbocycles. The highest BCUT2D eigenvalue weighted by Crippen LogP contribution is 2.29. The number of likely N-dealkylation sites (tertiary alicyclic amines) is 1. The van der Waals surface area contributed by atoms with Crippen LogP contribution in [0.5, 0.6) is 0 Å². The van der Waals surface area contributed by atoms with Crippen molar-refractivity contribution in [1.29, 1.82) is 0 Å². The number of piperidine rings is 1. The Labute approximate surface area is 220 Å². The zero-order chi connectivity index (χ0) is 26.3. The third-order valence-corrected chi connectivity index (χ3v) is 7.34. The van der Waals surface area contributed by atoms with Crippen LogP contribution in [0.25, 0.3) is 0 Å². The molecule has 0 N–H and O–H groups in total. The van der Waals surface area contributed by atoms with Gasteiger partial charge in [-0.15, -0.1) is 0 Å². The van der Waals surface area contributed by atoms with E-state index in [9.17, 15) is 9.59 Å². The largest absolute Gasteiger partial charge is 0.466 e. The SMILES string of the molecule is CCOC(=O)[C@H]1CCCN(C(=O)c2cccc(CSc3nc(N(CC)CC)cc(C(C)(C)C)n3)c2)C1. The molecule has 1 fully saturated rings. The van der Waals surface area contributed by atoms with Crippen LogP contribution in [0, 0.1) is 5.92 Å². The summed E-state index contributed by atoms with van der Waals surface area (Å²) in [5, 5.41) is 0.745. The molecular formula is C28H40N4O3S. The monoisotopic (exact) mass is 512 g/mol. The molecule has 36 heavy (non-hydrogen) atoms. The van der Waals surface area contributed by atoms with Gasteiger partial charge in [0.15, 0.2) is 5.16 Å². The first-order valence-electron chi connectivity index (χ1n) is 13.0. The number of thioether (sulfide) groups is 1. The van der Waals surface area contributed by atoms with E-state index in [4.69, 9.17) is 14.7 Å². The second-order valence-electron chi connectivity index (χ2n) is 10.1. The topological polar surface area (TPSA) is 75.6 Å². The van der Waals surface area contributed by atoms with E-state index in [0.717, 1.165) is 48.2 Å². The number of carbonyl (C=O) groups excluding carboxylic acids is 2. The van der Waals surface area contributed by atoms with Crippen LogP contribution in [0.1, 0.15) is 76.0 Å². The quantitative estimate of drug-likeness (QED) is 0.255. The summed E-state index contributed by atoms with van der Waals surface area (Å²) in [5.74, 6) is 1.13. The Bertz CT molecular complexity index is 1050. The normalized spacial score (nSPS) is 16.1. The lowest BCUT2D eigenvalue weighted by molar-refractivity contribution is -0.149. The van der Waals surface area contributed by atoms with Crippen molar-refractivity contribution < 1.29 is 14.3 Å². The zero-order valence-electron chi connectivity index (χ0n) is 22.5. The fourth-order valence-corrected chi connectivity index (χ4v) is 5.11. The fraction of sp³-hybridized carbons (Fsp3) is 0.571. The molecule has 0 radical (unpaired) electrons.